The molecule has 0 atom stereocenters. The van der Waals surface area contributed by atoms with Crippen molar-refractivity contribution < 1.29 is 0 Å². The quantitative estimate of drug-likeness (QED) is 0.781. The van der Waals surface area contributed by atoms with Crippen molar-refractivity contribution >= 4 is 0 Å². The van der Waals surface area contributed by atoms with E-state index in [9.17, 15) is 0 Å². The van der Waals surface area contributed by atoms with Gasteiger partial charge in [-0.05, 0) is 43.4 Å². The van der Waals surface area contributed by atoms with Gasteiger partial charge >= 0.3 is 0 Å². The minimum Gasteiger partial charge on any atom is -0.322 e. The van der Waals surface area contributed by atoms with Crippen LogP contribution >= 0.6 is 0 Å². The van der Waals surface area contributed by atoms with Gasteiger partial charge in [-0.1, -0.05) is 32.0 Å². The number of benzene rings is 1. The monoisotopic (exact) mass is 191 g/mol. The Labute approximate surface area is 87.3 Å². The highest BCUT2D eigenvalue weighted by molar-refractivity contribution is 5.36. The molecule has 0 bridgehead atoms. The lowest BCUT2D eigenvalue weighted by Gasteiger charge is -2.23. The van der Waals surface area contributed by atoms with Gasteiger partial charge in [0.15, 0.2) is 0 Å². The van der Waals surface area contributed by atoms with E-state index in [2.05, 4.69) is 45.9 Å². The van der Waals surface area contributed by atoms with Gasteiger partial charge in [-0.3, -0.25) is 0 Å². The Morgan fingerprint density at radius 2 is 1.79 bits per heavy atom. The molecule has 1 heteroatoms. The predicted molar refractivity (Wildman–Crippen MR) is 62.4 cm³/mol. The molecule has 0 aliphatic rings. The standard InChI is InChI=1S/C13H21N/c1-5-10-7-8-11(6-2)12(9-10)13(3,4)14/h7-9H,5-6,14H2,1-4H3. The molecule has 78 valence electrons. The summed E-state index contributed by atoms with van der Waals surface area (Å²) in [4.78, 5) is 0. The fourth-order valence-electron chi connectivity index (χ4n) is 1.75. The van der Waals surface area contributed by atoms with Gasteiger partial charge in [0.05, 0.1) is 0 Å². The van der Waals surface area contributed by atoms with E-state index >= 15 is 0 Å². The largest absolute Gasteiger partial charge is 0.322 e. The fraction of sp³-hybridized carbons (Fsp3) is 0.538. The molecule has 0 aliphatic heterocycles. The van der Waals surface area contributed by atoms with Crippen molar-refractivity contribution in [2.24, 2.45) is 5.73 Å². The topological polar surface area (TPSA) is 26.0 Å². The van der Waals surface area contributed by atoms with Crippen molar-refractivity contribution in [3.63, 3.8) is 0 Å². The van der Waals surface area contributed by atoms with Crippen LogP contribution in [0.15, 0.2) is 18.2 Å². The maximum Gasteiger partial charge on any atom is 0.0355 e. The van der Waals surface area contributed by atoms with Gasteiger partial charge in [-0.2, -0.15) is 0 Å². The molecule has 0 saturated heterocycles. The molecule has 1 rings (SSSR count). The molecule has 0 spiro atoms. The second-order valence-electron chi connectivity index (χ2n) is 4.42. The van der Waals surface area contributed by atoms with Crippen LogP contribution in [0.4, 0.5) is 0 Å². The Bertz CT molecular complexity index is 308. The van der Waals surface area contributed by atoms with E-state index in [-0.39, 0.29) is 5.54 Å². The van der Waals surface area contributed by atoms with Crippen LogP contribution in [0.25, 0.3) is 0 Å². The van der Waals surface area contributed by atoms with E-state index in [0.717, 1.165) is 12.8 Å². The summed E-state index contributed by atoms with van der Waals surface area (Å²) in [6.07, 6.45) is 2.13. The molecule has 1 aromatic rings. The van der Waals surface area contributed by atoms with E-state index in [1.54, 1.807) is 0 Å². The lowest BCUT2D eigenvalue weighted by molar-refractivity contribution is 0.547. The summed E-state index contributed by atoms with van der Waals surface area (Å²) in [5.74, 6) is 0. The lowest BCUT2D eigenvalue weighted by Crippen LogP contribution is -2.30. The molecule has 0 amide bonds. The van der Waals surface area contributed by atoms with Crippen molar-refractivity contribution in [3.05, 3.63) is 34.9 Å². The smallest absolute Gasteiger partial charge is 0.0355 e. The van der Waals surface area contributed by atoms with Crippen LogP contribution in [-0.2, 0) is 18.4 Å². The first-order valence-corrected chi connectivity index (χ1v) is 5.40. The summed E-state index contributed by atoms with van der Waals surface area (Å²) in [6, 6.07) is 6.66. The van der Waals surface area contributed by atoms with E-state index in [1.165, 1.54) is 16.7 Å². The molecule has 0 aliphatic carbocycles. The third kappa shape index (κ3) is 2.36. The highest BCUT2D eigenvalue weighted by Gasteiger charge is 2.17. The van der Waals surface area contributed by atoms with Crippen LogP contribution in [0, 0.1) is 0 Å². The molecule has 0 heterocycles. The third-order valence-electron chi connectivity index (χ3n) is 2.66. The third-order valence-corrected chi connectivity index (χ3v) is 2.66. The van der Waals surface area contributed by atoms with Crippen LogP contribution in [0.5, 0.6) is 0 Å². The average molecular weight is 191 g/mol. The SMILES string of the molecule is CCc1ccc(CC)c(C(C)(C)N)c1. The summed E-state index contributed by atoms with van der Waals surface area (Å²) in [7, 11) is 0. The Balaban J connectivity index is 3.22. The Hall–Kier alpha value is -0.820. The molecule has 0 radical (unpaired) electrons. The molecule has 1 aromatic carbocycles. The van der Waals surface area contributed by atoms with Gasteiger partial charge in [0.2, 0.25) is 0 Å². The minimum absolute atomic E-state index is 0.226. The maximum atomic E-state index is 6.16. The van der Waals surface area contributed by atoms with Crippen LogP contribution in [-0.4, -0.2) is 0 Å². The van der Waals surface area contributed by atoms with Gasteiger partial charge < -0.3 is 5.73 Å². The zero-order valence-corrected chi connectivity index (χ0v) is 9.72. The van der Waals surface area contributed by atoms with Gasteiger partial charge in [-0.15, -0.1) is 0 Å². The predicted octanol–water partition coefficient (Wildman–Crippen LogP) is 3.01. The van der Waals surface area contributed by atoms with Crippen LogP contribution in [0.2, 0.25) is 0 Å². The molecule has 0 unspecified atom stereocenters. The molecule has 1 nitrogen and oxygen atoms in total. The second-order valence-corrected chi connectivity index (χ2v) is 4.42. The molecule has 2 N–H and O–H groups in total. The van der Waals surface area contributed by atoms with Crippen molar-refractivity contribution in [2.75, 3.05) is 0 Å². The van der Waals surface area contributed by atoms with Gasteiger partial charge in [0.25, 0.3) is 0 Å². The van der Waals surface area contributed by atoms with Gasteiger partial charge in [0, 0.05) is 5.54 Å². The number of hydrogen-bond donors (Lipinski definition) is 1. The molecular weight excluding hydrogens is 170 g/mol. The summed E-state index contributed by atoms with van der Waals surface area (Å²) in [5.41, 5.74) is 9.96. The Morgan fingerprint density at radius 1 is 1.14 bits per heavy atom. The van der Waals surface area contributed by atoms with E-state index in [0.29, 0.717) is 0 Å². The number of hydrogen-bond acceptors (Lipinski definition) is 1. The summed E-state index contributed by atoms with van der Waals surface area (Å²) < 4.78 is 0. The maximum absolute atomic E-state index is 6.16. The van der Waals surface area contributed by atoms with Crippen molar-refractivity contribution in [1.82, 2.24) is 0 Å². The van der Waals surface area contributed by atoms with Crippen molar-refractivity contribution in [1.29, 1.82) is 0 Å². The summed E-state index contributed by atoms with van der Waals surface area (Å²) in [5, 5.41) is 0. The molecular formula is C13H21N. The molecule has 0 saturated carbocycles. The Kier molecular flexibility index (Phi) is 3.33. The second kappa shape index (κ2) is 4.14. The van der Waals surface area contributed by atoms with E-state index < -0.39 is 0 Å². The first-order chi connectivity index (χ1) is 6.49. The van der Waals surface area contributed by atoms with Crippen molar-refractivity contribution in [3.8, 4) is 0 Å². The van der Waals surface area contributed by atoms with Crippen LogP contribution in [0.1, 0.15) is 44.4 Å². The highest BCUT2D eigenvalue weighted by atomic mass is 14.7. The number of nitrogens with two attached hydrogens (primary N) is 1. The number of aryl methyl sites for hydroxylation is 2. The first kappa shape index (κ1) is 11.3. The van der Waals surface area contributed by atoms with Crippen molar-refractivity contribution in [2.45, 2.75) is 46.1 Å². The highest BCUT2D eigenvalue weighted by Crippen LogP contribution is 2.23. The molecule has 14 heavy (non-hydrogen) atoms. The zero-order valence-electron chi connectivity index (χ0n) is 9.72. The van der Waals surface area contributed by atoms with E-state index in [1.807, 2.05) is 0 Å². The minimum atomic E-state index is -0.226. The number of rotatable bonds is 3. The fourth-order valence-corrected chi connectivity index (χ4v) is 1.75. The Morgan fingerprint density at radius 3 is 2.21 bits per heavy atom. The van der Waals surface area contributed by atoms with Gasteiger partial charge in [0.1, 0.15) is 0 Å². The normalized spacial score (nSPS) is 11.8. The summed E-state index contributed by atoms with van der Waals surface area (Å²) >= 11 is 0. The average Bonchev–Trinajstić information content (AvgIpc) is 2.15. The van der Waals surface area contributed by atoms with E-state index in [4.69, 9.17) is 5.73 Å². The van der Waals surface area contributed by atoms with Gasteiger partial charge in [-0.25, -0.2) is 0 Å². The summed E-state index contributed by atoms with van der Waals surface area (Å²) in [6.45, 7) is 8.49. The zero-order chi connectivity index (χ0) is 10.8. The molecule has 0 fully saturated rings. The van der Waals surface area contributed by atoms with Crippen LogP contribution in [0.3, 0.4) is 0 Å². The lowest BCUT2D eigenvalue weighted by atomic mass is 9.88. The molecule has 0 aromatic heterocycles. The van der Waals surface area contributed by atoms with Crippen LogP contribution < -0.4 is 5.73 Å². The first-order valence-electron chi connectivity index (χ1n) is 5.40.